The second-order valence-electron chi connectivity index (χ2n) is 0.151. The van der Waals surface area contributed by atoms with Crippen molar-refractivity contribution in [2.24, 2.45) is 0 Å². The van der Waals surface area contributed by atoms with Crippen LogP contribution in [0.1, 0.15) is 0 Å². The molecule has 0 bridgehead atoms. The standard InChI is InChI=1S/HPS3/c1-3-4-2/h1H. The molecule has 0 fully saturated rings. The molecule has 0 aromatic carbocycles. The number of rotatable bonds is 0. The van der Waals surface area contributed by atoms with E-state index in [0.717, 1.165) is 0 Å². The molecular formula is HPS3. The molecule has 0 aliphatic rings. The van der Waals surface area contributed by atoms with Crippen molar-refractivity contribution in [3.63, 3.8) is 0 Å². The maximum Gasteiger partial charge on any atom is -0.000513 e. The Hall–Kier alpha value is 0.960. The van der Waals surface area contributed by atoms with Gasteiger partial charge >= 0.3 is 0 Å². The lowest BCUT2D eigenvalue weighted by atomic mass is 30.5. The van der Waals surface area contributed by atoms with Gasteiger partial charge in [-0.1, -0.05) is 9.50 Å². The minimum Gasteiger partial charge on any atom is -0.0540 e. The second-order valence-corrected chi connectivity index (χ2v) is 4.09. The maximum atomic E-state index is 4.38. The summed E-state index contributed by atoms with van der Waals surface area (Å²) in [4.78, 5) is 0. The first-order valence-electron chi connectivity index (χ1n) is 0.537. The van der Waals surface area contributed by atoms with E-state index >= 15 is 0 Å². The van der Waals surface area contributed by atoms with Crippen LogP contribution in [0.4, 0.5) is 0 Å². The fourth-order valence-corrected chi connectivity index (χ4v) is 0. The Morgan fingerprint density at radius 2 is 2.00 bits per heavy atom. The fourth-order valence-electron chi connectivity index (χ4n) is 0. The summed E-state index contributed by atoms with van der Waals surface area (Å²) in [5.74, 6) is 0. The summed E-state index contributed by atoms with van der Waals surface area (Å²) >= 11 is 4.38. The molecule has 24 valence electrons. The highest BCUT2D eigenvalue weighted by atomic mass is 33.1. The summed E-state index contributed by atoms with van der Waals surface area (Å²) in [6.45, 7) is 0. The maximum absolute atomic E-state index is 4.38. The van der Waals surface area contributed by atoms with Gasteiger partial charge in [0, 0.05) is 0 Å². The van der Waals surface area contributed by atoms with Crippen LogP contribution in [0.5, 0.6) is 0 Å². The van der Waals surface area contributed by atoms with E-state index in [1.807, 2.05) is 0 Å². The molecule has 0 saturated carbocycles. The van der Waals surface area contributed by atoms with E-state index in [-0.39, 0.29) is 0 Å². The summed E-state index contributed by atoms with van der Waals surface area (Å²) < 4.78 is 0. The molecule has 0 nitrogen and oxygen atoms in total. The van der Waals surface area contributed by atoms with Gasteiger partial charge in [0.15, 0.2) is 0 Å². The zero-order valence-electron chi connectivity index (χ0n) is 1.72. The van der Waals surface area contributed by atoms with Crippen LogP contribution in [-0.2, 0) is 29.6 Å². The van der Waals surface area contributed by atoms with Gasteiger partial charge in [-0.25, -0.2) is 0 Å². The van der Waals surface area contributed by atoms with Crippen LogP contribution in [0.25, 0.3) is 0 Å². The summed E-state index contributed by atoms with van der Waals surface area (Å²) in [6.07, 6.45) is 0. The van der Waals surface area contributed by atoms with Crippen molar-refractivity contribution in [3.8, 4) is 0 Å². The first-order valence-corrected chi connectivity index (χ1v) is 4.84. The van der Waals surface area contributed by atoms with Gasteiger partial charge in [0.1, 0.15) is 0 Å². The molecule has 0 amide bonds. The molecule has 0 atom stereocenters. The lowest BCUT2D eigenvalue weighted by Crippen LogP contribution is -1.08. The van der Waals surface area contributed by atoms with E-state index in [2.05, 4.69) is 19.2 Å². The van der Waals surface area contributed by atoms with Gasteiger partial charge in [-0.2, -0.15) is 0 Å². The van der Waals surface area contributed by atoms with Crippen molar-refractivity contribution in [2.75, 3.05) is 0 Å². The Morgan fingerprint density at radius 1 is 1.75 bits per heavy atom. The number of hydrogen-bond donors (Lipinski definition) is 0. The minimum atomic E-state index is 1.27. The molecule has 4 heavy (non-hydrogen) atoms. The minimum absolute atomic E-state index is 1.27. The molecule has 0 rings (SSSR count). The van der Waals surface area contributed by atoms with E-state index in [1.54, 1.807) is 0 Å². The lowest BCUT2D eigenvalue weighted by molar-refractivity contribution is 6.13. The third-order valence-corrected chi connectivity index (χ3v) is 2.76. The largest absolute Gasteiger partial charge is 0.0540 e. The van der Waals surface area contributed by atoms with E-state index in [9.17, 15) is 0 Å². The van der Waals surface area contributed by atoms with Gasteiger partial charge in [-0.05, 0) is 28.1 Å². The Bertz CT molecular complexity index is 53.4. The summed E-state index contributed by atoms with van der Waals surface area (Å²) in [6, 6.07) is 0. The fraction of sp³-hybridized carbons (Fsp3) is 0. The predicted octanol–water partition coefficient (Wildman–Crippen LogP) is 0.586. The van der Waals surface area contributed by atoms with Gasteiger partial charge in [0.25, 0.3) is 0 Å². The molecule has 0 aliphatic heterocycles. The Labute approximate surface area is 37.9 Å². The average Bonchev–Trinajstić information content (AvgIpc) is 1.37. The highest BCUT2D eigenvalue weighted by molar-refractivity contribution is 8.47. The predicted molar refractivity (Wildman–Crippen MR) is 30.4 cm³/mol. The van der Waals surface area contributed by atoms with Gasteiger partial charge in [0.2, 0.25) is 0 Å². The van der Waals surface area contributed by atoms with Gasteiger partial charge < -0.3 is 0 Å². The van der Waals surface area contributed by atoms with E-state index in [4.69, 9.17) is 0 Å². The molecule has 0 aliphatic carbocycles. The van der Waals surface area contributed by atoms with Crippen LogP contribution < -0.4 is 0 Å². The smallest absolute Gasteiger partial charge is 0.000513 e. The highest BCUT2D eigenvalue weighted by Gasteiger charge is 1.12. The van der Waals surface area contributed by atoms with Crippen LogP contribution >= 0.6 is 8.02 Å². The third kappa shape index (κ3) is 2.96. The van der Waals surface area contributed by atoms with E-state index in [1.165, 1.54) is 18.4 Å². The number of hydrogen-bond acceptors (Lipinski definition) is 1. The van der Waals surface area contributed by atoms with Crippen LogP contribution in [0.3, 0.4) is 0 Å². The summed E-state index contributed by atoms with van der Waals surface area (Å²) in [5, 5.41) is 0. The SMILES string of the molecule is P=S=S=S. The zero-order valence-corrected chi connectivity index (χ0v) is 5.17. The monoisotopic (exact) mass is 128 g/mol. The Balaban J connectivity index is 3.95. The molecule has 0 heterocycles. The van der Waals surface area contributed by atoms with Gasteiger partial charge in [-0.3, -0.25) is 0 Å². The molecular weight excluding hydrogens is 127 g/mol. The highest BCUT2D eigenvalue weighted by Crippen LogP contribution is 1.40. The van der Waals surface area contributed by atoms with Crippen molar-refractivity contribution in [2.45, 2.75) is 0 Å². The van der Waals surface area contributed by atoms with Gasteiger partial charge in [0.05, 0.1) is 0 Å². The van der Waals surface area contributed by atoms with Crippen LogP contribution in [0.2, 0.25) is 0 Å². The molecule has 0 unspecified atom stereocenters. The average molecular weight is 128 g/mol. The molecule has 4 heteroatoms. The Kier molecular flexibility index (Phi) is 4.91. The van der Waals surface area contributed by atoms with E-state index < -0.39 is 0 Å². The van der Waals surface area contributed by atoms with Crippen LogP contribution in [0, 0.1) is 0 Å². The van der Waals surface area contributed by atoms with Crippen LogP contribution in [-0.4, -0.2) is 0 Å². The molecule has 0 aromatic heterocycles. The van der Waals surface area contributed by atoms with Crippen molar-refractivity contribution in [1.29, 1.82) is 0 Å². The first kappa shape index (κ1) is 4.96. The third-order valence-electron chi connectivity index (χ3n) is 0.0340. The normalized spacial score (nSPS) is 5.00. The van der Waals surface area contributed by atoms with Crippen LogP contribution in [0.15, 0.2) is 0 Å². The molecule has 0 aromatic rings. The van der Waals surface area contributed by atoms with Crippen molar-refractivity contribution >= 4 is 37.6 Å². The Morgan fingerprint density at radius 3 is 2.00 bits per heavy atom. The zero-order chi connectivity index (χ0) is 3.41. The molecule has 0 radical (unpaired) electrons. The van der Waals surface area contributed by atoms with E-state index in [0.29, 0.717) is 0 Å². The summed E-state index contributed by atoms with van der Waals surface area (Å²) in [7, 11) is 5.73. The molecule has 0 N–H and O–H groups in total. The van der Waals surface area contributed by atoms with Gasteiger partial charge in [-0.15, -0.1) is 0 Å². The second kappa shape index (κ2) is 3.96. The quantitative estimate of drug-likeness (QED) is 0.430. The lowest BCUT2D eigenvalue weighted by Gasteiger charge is -1.17. The summed E-state index contributed by atoms with van der Waals surface area (Å²) in [5.41, 5.74) is 0. The first-order chi connectivity index (χ1) is 1.91. The topological polar surface area (TPSA) is 0 Å². The van der Waals surface area contributed by atoms with Crippen molar-refractivity contribution < 1.29 is 0 Å². The van der Waals surface area contributed by atoms with Crippen molar-refractivity contribution in [1.82, 2.24) is 0 Å². The molecule has 0 saturated heterocycles. The van der Waals surface area contributed by atoms with Crippen molar-refractivity contribution in [3.05, 3.63) is 0 Å². The molecule has 0 spiro atoms.